The Morgan fingerprint density at radius 1 is 0.553 bits per heavy atom. The van der Waals surface area contributed by atoms with Crippen molar-refractivity contribution in [3.05, 3.63) is 0 Å². The molecule has 0 amide bonds. The predicted molar refractivity (Wildman–Crippen MR) is 187 cm³/mol. The first-order valence-corrected chi connectivity index (χ1v) is 17.6. The number of carboxylic acids is 4. The van der Waals surface area contributed by atoms with Gasteiger partial charge in [0.1, 0.15) is 30.0 Å². The third kappa shape index (κ3) is 15.2. The van der Waals surface area contributed by atoms with Gasteiger partial charge in [0.2, 0.25) is 0 Å². The summed E-state index contributed by atoms with van der Waals surface area (Å²) in [6, 6.07) is -3.57. The zero-order chi connectivity index (χ0) is 37.2. The molecule has 1 saturated heterocycles. The third-order valence-electron chi connectivity index (χ3n) is 9.40. The number of hydrogen-bond acceptors (Lipinski definition) is 10. The van der Waals surface area contributed by atoms with Gasteiger partial charge in [-0.25, -0.2) is 0 Å². The number of hydrogen-bond donors (Lipinski definition) is 5. The van der Waals surface area contributed by atoms with E-state index in [1.165, 1.54) is 0 Å². The average molecular weight is 693 g/mol. The number of carbonyl (C=O) groups excluding carboxylic acids is 1. The summed E-state index contributed by atoms with van der Waals surface area (Å²) in [5, 5.41) is 39.5. The molecule has 0 bridgehead atoms. The number of carbonyl (C=O) groups is 5. The molecule has 47 heavy (non-hydrogen) atoms. The van der Waals surface area contributed by atoms with Crippen LogP contribution in [0.3, 0.4) is 0 Å². The minimum atomic E-state index is -1.04. The molecule has 0 aromatic carbocycles. The number of rotatable bonds is 14. The van der Waals surface area contributed by atoms with Crippen molar-refractivity contribution < 1.29 is 44.4 Å². The van der Waals surface area contributed by atoms with E-state index in [0.29, 0.717) is 6.42 Å². The highest BCUT2D eigenvalue weighted by Gasteiger charge is 2.37. The quantitative estimate of drug-likeness (QED) is 0.168. The first-order chi connectivity index (χ1) is 21.8. The van der Waals surface area contributed by atoms with Gasteiger partial charge in [-0.2, -0.15) is 12.6 Å². The molecule has 0 saturated carbocycles. The number of aliphatic carboxylic acids is 4. The number of ketones is 1. The molecular weight excluding hydrogens is 628 g/mol. The van der Waals surface area contributed by atoms with E-state index in [2.05, 4.69) is 12.6 Å². The molecule has 0 aromatic rings. The maximum absolute atomic E-state index is 12.8. The fourth-order valence-corrected chi connectivity index (χ4v) is 5.63. The van der Waals surface area contributed by atoms with E-state index in [1.54, 1.807) is 46.6 Å². The zero-order valence-corrected chi connectivity index (χ0v) is 31.5. The van der Waals surface area contributed by atoms with Crippen LogP contribution in [0.15, 0.2) is 0 Å². The highest BCUT2D eigenvalue weighted by molar-refractivity contribution is 7.79. The summed E-state index contributed by atoms with van der Waals surface area (Å²) in [6.45, 7) is 19.8. The molecular formula is C33H64N4O9S. The van der Waals surface area contributed by atoms with Crippen molar-refractivity contribution in [3.8, 4) is 0 Å². The van der Waals surface area contributed by atoms with Crippen molar-refractivity contribution in [2.75, 3.05) is 58.6 Å². The highest BCUT2D eigenvalue weighted by atomic mass is 32.1. The SMILES string of the molecule is CC.CC(C)C(=O)C(C)(C)C(C)CCC(C(=O)O)N1CCN(C(C)C(=O)O)CCN(C(C)C(=O)O)CCN(C(C)C(=O)O)CC1.CS. The second-order valence-corrected chi connectivity index (χ2v) is 12.8. The van der Waals surface area contributed by atoms with E-state index in [9.17, 15) is 44.4 Å². The number of nitrogens with zero attached hydrogens (tertiary/aromatic N) is 4. The van der Waals surface area contributed by atoms with Crippen LogP contribution in [0.4, 0.5) is 0 Å². The van der Waals surface area contributed by atoms with E-state index in [0.717, 1.165) is 0 Å². The summed E-state index contributed by atoms with van der Waals surface area (Å²) >= 11 is 3.53. The van der Waals surface area contributed by atoms with Gasteiger partial charge in [0.25, 0.3) is 0 Å². The molecule has 0 aromatic heterocycles. The van der Waals surface area contributed by atoms with Crippen molar-refractivity contribution in [3.63, 3.8) is 0 Å². The van der Waals surface area contributed by atoms with Gasteiger partial charge >= 0.3 is 23.9 Å². The standard InChI is InChI=1S/C30H54N4O9.C2H6.CH4S/c1-19(2)25(35)30(7,8)20(3)9-10-24(29(42)43)34-17-15-32(22(5)27(38)39)13-11-31(21(4)26(36)37)12-14-33(16-18-34)23(6)28(40)41;2*1-2/h19-24H,9-18H2,1-8H3,(H,36,37)(H,38,39)(H,40,41)(H,42,43);1-2H3;2H,1H3. The van der Waals surface area contributed by atoms with Crippen LogP contribution in [0.25, 0.3) is 0 Å². The molecule has 1 aliphatic heterocycles. The van der Waals surface area contributed by atoms with E-state index >= 15 is 0 Å². The molecule has 0 aliphatic carbocycles. The molecule has 5 unspecified atom stereocenters. The average Bonchev–Trinajstić information content (AvgIpc) is 3.02. The second-order valence-electron chi connectivity index (χ2n) is 12.8. The van der Waals surface area contributed by atoms with Gasteiger partial charge in [0.05, 0.1) is 0 Å². The maximum atomic E-state index is 12.8. The van der Waals surface area contributed by atoms with Gasteiger partial charge in [0, 0.05) is 63.7 Å². The monoisotopic (exact) mass is 692 g/mol. The fraction of sp³-hybridized carbons (Fsp3) is 0.848. The molecule has 1 rings (SSSR count). The van der Waals surface area contributed by atoms with Crippen LogP contribution in [0.5, 0.6) is 0 Å². The van der Waals surface area contributed by atoms with Crippen molar-refractivity contribution in [2.45, 2.75) is 106 Å². The smallest absolute Gasteiger partial charge is 0.320 e. The van der Waals surface area contributed by atoms with E-state index in [-0.39, 0.29) is 76.4 Å². The maximum Gasteiger partial charge on any atom is 0.320 e. The van der Waals surface area contributed by atoms with Crippen molar-refractivity contribution in [1.82, 2.24) is 19.6 Å². The van der Waals surface area contributed by atoms with Crippen LogP contribution in [0.2, 0.25) is 0 Å². The van der Waals surface area contributed by atoms with Crippen LogP contribution < -0.4 is 0 Å². The van der Waals surface area contributed by atoms with Gasteiger partial charge in [0.15, 0.2) is 0 Å². The van der Waals surface area contributed by atoms with Gasteiger partial charge in [-0.15, -0.1) is 0 Å². The summed E-state index contributed by atoms with van der Waals surface area (Å²) in [5.41, 5.74) is -0.639. The first-order valence-electron chi connectivity index (χ1n) is 16.7. The van der Waals surface area contributed by atoms with Crippen molar-refractivity contribution in [2.24, 2.45) is 17.3 Å². The molecule has 1 fully saturated rings. The van der Waals surface area contributed by atoms with Crippen LogP contribution in [0.1, 0.15) is 82.1 Å². The second kappa shape index (κ2) is 23.2. The van der Waals surface area contributed by atoms with Gasteiger partial charge < -0.3 is 20.4 Å². The number of carboxylic acid groups (broad SMARTS) is 4. The van der Waals surface area contributed by atoms with Crippen molar-refractivity contribution >= 4 is 42.3 Å². The molecule has 5 atom stereocenters. The fourth-order valence-electron chi connectivity index (χ4n) is 5.63. The summed E-state index contributed by atoms with van der Waals surface area (Å²) < 4.78 is 0. The first kappa shape index (κ1) is 46.9. The lowest BCUT2D eigenvalue weighted by atomic mass is 9.71. The number of Topliss-reactive ketones (excluding diaryl/α,β-unsaturated/α-hetero) is 1. The van der Waals surface area contributed by atoms with E-state index < -0.39 is 53.5 Å². The lowest BCUT2D eigenvalue weighted by Gasteiger charge is -2.39. The van der Waals surface area contributed by atoms with Crippen LogP contribution in [0, 0.1) is 17.3 Å². The summed E-state index contributed by atoms with van der Waals surface area (Å²) in [6.07, 6.45) is 2.43. The Hall–Kier alpha value is -2.26. The Morgan fingerprint density at radius 2 is 0.830 bits per heavy atom. The molecule has 13 nitrogen and oxygen atoms in total. The van der Waals surface area contributed by atoms with E-state index in [4.69, 9.17) is 0 Å². The predicted octanol–water partition coefficient (Wildman–Crippen LogP) is 3.32. The highest BCUT2D eigenvalue weighted by Crippen LogP contribution is 2.34. The molecule has 1 heterocycles. The molecule has 0 radical (unpaired) electrons. The lowest BCUT2D eigenvalue weighted by Crippen LogP contribution is -2.55. The normalized spacial score (nSPS) is 19.6. The molecule has 0 spiro atoms. The largest absolute Gasteiger partial charge is 0.480 e. The van der Waals surface area contributed by atoms with Crippen molar-refractivity contribution in [1.29, 1.82) is 0 Å². The molecule has 1 aliphatic rings. The number of thiol groups is 1. The van der Waals surface area contributed by atoms with Crippen LogP contribution >= 0.6 is 12.6 Å². The van der Waals surface area contributed by atoms with E-state index in [1.807, 2.05) is 48.5 Å². The zero-order valence-electron chi connectivity index (χ0n) is 30.6. The Bertz CT molecular complexity index is 946. The summed E-state index contributed by atoms with van der Waals surface area (Å²) in [5.74, 6) is -4.29. The third-order valence-corrected chi connectivity index (χ3v) is 9.40. The Labute approximate surface area is 288 Å². The summed E-state index contributed by atoms with van der Waals surface area (Å²) in [4.78, 5) is 68.0. The molecule has 14 heteroatoms. The Kier molecular flexibility index (Phi) is 23.1. The molecule has 4 N–H and O–H groups in total. The minimum Gasteiger partial charge on any atom is -0.480 e. The topological polar surface area (TPSA) is 179 Å². The molecule has 276 valence electrons. The van der Waals surface area contributed by atoms with Gasteiger partial charge in [-0.3, -0.25) is 43.6 Å². The van der Waals surface area contributed by atoms with Crippen LogP contribution in [-0.4, -0.2) is 152 Å². The minimum absolute atomic E-state index is 0.0917. The Balaban J connectivity index is 0. The van der Waals surface area contributed by atoms with Gasteiger partial charge in [-0.1, -0.05) is 48.5 Å². The summed E-state index contributed by atoms with van der Waals surface area (Å²) in [7, 11) is 0. The Morgan fingerprint density at radius 3 is 1.06 bits per heavy atom. The lowest BCUT2D eigenvalue weighted by molar-refractivity contribution is -0.147. The van der Waals surface area contributed by atoms with Crippen LogP contribution in [-0.2, 0) is 24.0 Å². The van der Waals surface area contributed by atoms with Gasteiger partial charge in [-0.05, 0) is 45.8 Å².